The molecule has 0 bridgehead atoms. The Balaban J connectivity index is 1.91. The number of halogens is 1. The summed E-state index contributed by atoms with van der Waals surface area (Å²) in [5, 5.41) is 6.61. The van der Waals surface area contributed by atoms with E-state index in [1.165, 1.54) is 11.3 Å². The molecule has 0 saturated carbocycles. The van der Waals surface area contributed by atoms with Crippen molar-refractivity contribution in [1.82, 2.24) is 10.3 Å². The summed E-state index contributed by atoms with van der Waals surface area (Å²) in [6.07, 6.45) is 1.68. The Morgan fingerprint density at radius 3 is 2.67 bits per heavy atom. The van der Waals surface area contributed by atoms with Gasteiger partial charge in [0.2, 0.25) is 0 Å². The highest BCUT2D eigenvalue weighted by molar-refractivity contribution is 7.11. The van der Waals surface area contributed by atoms with Gasteiger partial charge >= 0.3 is 11.8 Å². The van der Waals surface area contributed by atoms with E-state index in [-0.39, 0.29) is 6.54 Å². The maximum Gasteiger partial charge on any atom is 0.313 e. The average molecular weight is 324 g/mol. The number of aromatic nitrogens is 1. The van der Waals surface area contributed by atoms with Crippen LogP contribution < -0.4 is 10.6 Å². The molecule has 0 aliphatic rings. The van der Waals surface area contributed by atoms with Crippen LogP contribution in [0.25, 0.3) is 0 Å². The third kappa shape index (κ3) is 4.27. The van der Waals surface area contributed by atoms with Crippen LogP contribution in [0.4, 0.5) is 5.69 Å². The van der Waals surface area contributed by atoms with Gasteiger partial charge in [-0.25, -0.2) is 4.98 Å². The van der Waals surface area contributed by atoms with Gasteiger partial charge in [0.1, 0.15) is 0 Å². The zero-order valence-corrected chi connectivity index (χ0v) is 13.1. The van der Waals surface area contributed by atoms with Crippen LogP contribution in [0.1, 0.15) is 15.4 Å². The van der Waals surface area contributed by atoms with Crippen LogP contribution in [0.2, 0.25) is 5.02 Å². The molecule has 0 aliphatic heterocycles. The maximum atomic E-state index is 11.8. The number of aryl methyl sites for hydroxylation is 2. The predicted molar refractivity (Wildman–Crippen MR) is 83.5 cm³/mol. The van der Waals surface area contributed by atoms with Crippen molar-refractivity contribution in [1.29, 1.82) is 0 Å². The quantitative estimate of drug-likeness (QED) is 0.853. The largest absolute Gasteiger partial charge is 0.343 e. The first-order valence-electron chi connectivity index (χ1n) is 6.22. The molecule has 7 heteroatoms. The van der Waals surface area contributed by atoms with E-state index in [2.05, 4.69) is 15.6 Å². The molecule has 0 spiro atoms. The van der Waals surface area contributed by atoms with Gasteiger partial charge in [0.25, 0.3) is 0 Å². The molecular weight excluding hydrogens is 310 g/mol. The second-order valence-electron chi connectivity index (χ2n) is 4.44. The molecule has 2 aromatic rings. The molecule has 1 aromatic carbocycles. The van der Waals surface area contributed by atoms with Gasteiger partial charge in [0.05, 0.1) is 11.6 Å². The molecule has 2 rings (SSSR count). The van der Waals surface area contributed by atoms with Crippen molar-refractivity contribution < 1.29 is 9.59 Å². The van der Waals surface area contributed by atoms with Crippen LogP contribution in [-0.2, 0) is 16.1 Å². The lowest BCUT2D eigenvalue weighted by atomic mass is 10.2. The van der Waals surface area contributed by atoms with Gasteiger partial charge in [0, 0.05) is 21.8 Å². The maximum absolute atomic E-state index is 11.8. The molecule has 2 N–H and O–H groups in total. The van der Waals surface area contributed by atoms with E-state index in [1.807, 2.05) is 6.92 Å². The molecule has 21 heavy (non-hydrogen) atoms. The third-order valence-corrected chi connectivity index (χ3v) is 3.88. The standard InChI is InChI=1S/C14H14ClN3O2S/c1-8-5-10(15)3-4-12(8)18-14(20)13(19)17-7-11-6-16-9(2)21-11/h3-6H,7H2,1-2H3,(H,17,19)(H,18,20). The van der Waals surface area contributed by atoms with Crippen molar-refractivity contribution in [2.24, 2.45) is 0 Å². The van der Waals surface area contributed by atoms with Gasteiger partial charge in [-0.3, -0.25) is 9.59 Å². The van der Waals surface area contributed by atoms with Crippen molar-refractivity contribution in [3.05, 3.63) is 44.9 Å². The summed E-state index contributed by atoms with van der Waals surface area (Å²) in [7, 11) is 0. The summed E-state index contributed by atoms with van der Waals surface area (Å²) in [4.78, 5) is 28.5. The fourth-order valence-corrected chi connectivity index (χ4v) is 2.64. The smallest absolute Gasteiger partial charge is 0.313 e. The van der Waals surface area contributed by atoms with Gasteiger partial charge in [-0.05, 0) is 37.6 Å². The summed E-state index contributed by atoms with van der Waals surface area (Å²) < 4.78 is 0. The Hall–Kier alpha value is -1.92. The van der Waals surface area contributed by atoms with E-state index >= 15 is 0 Å². The number of rotatable bonds is 3. The summed E-state index contributed by atoms with van der Waals surface area (Å²) in [6, 6.07) is 5.03. The average Bonchev–Trinajstić information content (AvgIpc) is 2.85. The monoisotopic (exact) mass is 323 g/mol. The summed E-state index contributed by atoms with van der Waals surface area (Å²) in [5.41, 5.74) is 1.36. The fraction of sp³-hybridized carbons (Fsp3) is 0.214. The van der Waals surface area contributed by atoms with Crippen LogP contribution >= 0.6 is 22.9 Å². The molecule has 1 heterocycles. The van der Waals surface area contributed by atoms with Crippen LogP contribution in [-0.4, -0.2) is 16.8 Å². The molecule has 1 aromatic heterocycles. The van der Waals surface area contributed by atoms with Gasteiger partial charge < -0.3 is 10.6 Å². The zero-order valence-electron chi connectivity index (χ0n) is 11.6. The SMILES string of the molecule is Cc1ncc(CNC(=O)C(=O)Nc2ccc(Cl)cc2C)s1. The molecule has 2 amide bonds. The molecule has 0 atom stereocenters. The molecule has 0 saturated heterocycles. The van der Waals surface area contributed by atoms with E-state index in [0.717, 1.165) is 15.4 Å². The number of thiazole rings is 1. The van der Waals surface area contributed by atoms with Gasteiger partial charge in [-0.15, -0.1) is 11.3 Å². The number of benzene rings is 1. The third-order valence-electron chi connectivity index (χ3n) is 2.74. The summed E-state index contributed by atoms with van der Waals surface area (Å²) in [6.45, 7) is 3.98. The molecule has 0 unspecified atom stereocenters. The first-order chi connectivity index (χ1) is 9.95. The van der Waals surface area contributed by atoms with Crippen molar-refractivity contribution >= 4 is 40.4 Å². The van der Waals surface area contributed by atoms with Crippen molar-refractivity contribution in [2.45, 2.75) is 20.4 Å². The van der Waals surface area contributed by atoms with Crippen LogP contribution in [0.3, 0.4) is 0 Å². The fourth-order valence-electron chi connectivity index (χ4n) is 1.68. The summed E-state index contributed by atoms with van der Waals surface area (Å²) >= 11 is 7.32. The lowest BCUT2D eigenvalue weighted by Gasteiger charge is -2.08. The number of anilines is 1. The van der Waals surface area contributed by atoms with E-state index in [1.54, 1.807) is 31.3 Å². The number of nitrogens with one attached hydrogen (secondary N) is 2. The highest BCUT2D eigenvalue weighted by atomic mass is 35.5. The molecule has 0 aliphatic carbocycles. The van der Waals surface area contributed by atoms with Gasteiger partial charge in [-0.1, -0.05) is 11.6 Å². The second-order valence-corrected chi connectivity index (χ2v) is 6.20. The molecule has 110 valence electrons. The van der Waals surface area contributed by atoms with E-state index in [0.29, 0.717) is 10.7 Å². The molecule has 0 fully saturated rings. The van der Waals surface area contributed by atoms with Gasteiger partial charge in [0.15, 0.2) is 0 Å². The Kier molecular flexibility index (Phi) is 4.93. The van der Waals surface area contributed by atoms with E-state index < -0.39 is 11.8 Å². The highest BCUT2D eigenvalue weighted by Crippen LogP contribution is 2.19. The highest BCUT2D eigenvalue weighted by Gasteiger charge is 2.14. The number of nitrogens with zero attached hydrogens (tertiary/aromatic N) is 1. The minimum Gasteiger partial charge on any atom is -0.343 e. The number of hydrogen-bond acceptors (Lipinski definition) is 4. The lowest BCUT2D eigenvalue weighted by Crippen LogP contribution is -2.34. The topological polar surface area (TPSA) is 71.1 Å². The predicted octanol–water partition coefficient (Wildman–Crippen LogP) is 2.67. The minimum atomic E-state index is -0.707. The molecule has 5 nitrogen and oxygen atoms in total. The van der Waals surface area contributed by atoms with Crippen molar-refractivity contribution in [3.63, 3.8) is 0 Å². The first-order valence-corrected chi connectivity index (χ1v) is 7.42. The zero-order chi connectivity index (χ0) is 15.4. The number of carbonyl (C=O) groups is 2. The van der Waals surface area contributed by atoms with Crippen LogP contribution in [0.15, 0.2) is 24.4 Å². The Morgan fingerprint density at radius 2 is 2.05 bits per heavy atom. The van der Waals surface area contributed by atoms with E-state index in [9.17, 15) is 9.59 Å². The van der Waals surface area contributed by atoms with Crippen LogP contribution in [0, 0.1) is 13.8 Å². The van der Waals surface area contributed by atoms with Crippen LogP contribution in [0.5, 0.6) is 0 Å². The number of hydrogen-bond donors (Lipinski definition) is 2. The van der Waals surface area contributed by atoms with Crippen molar-refractivity contribution in [2.75, 3.05) is 5.32 Å². The number of carbonyl (C=O) groups excluding carboxylic acids is 2. The lowest BCUT2D eigenvalue weighted by molar-refractivity contribution is -0.136. The summed E-state index contributed by atoms with van der Waals surface area (Å²) in [5.74, 6) is -1.39. The van der Waals surface area contributed by atoms with E-state index in [4.69, 9.17) is 11.6 Å². The Morgan fingerprint density at radius 1 is 1.29 bits per heavy atom. The van der Waals surface area contributed by atoms with Gasteiger partial charge in [-0.2, -0.15) is 0 Å². The molecule has 0 radical (unpaired) electrons. The molecular formula is C14H14ClN3O2S. The second kappa shape index (κ2) is 6.69. The minimum absolute atomic E-state index is 0.289. The Labute approximate surface area is 131 Å². The Bertz CT molecular complexity index is 685. The van der Waals surface area contributed by atoms with Crippen molar-refractivity contribution in [3.8, 4) is 0 Å². The number of amides is 2. The first kappa shape index (κ1) is 15.5. The normalized spacial score (nSPS) is 10.2.